The maximum atomic E-state index is 11.8. The molecule has 7 heteroatoms. The molecular weight excluding hydrogens is 308 g/mol. The highest BCUT2D eigenvalue weighted by molar-refractivity contribution is 7.99. The normalized spacial score (nSPS) is 10.7. The third kappa shape index (κ3) is 5.53. The fourth-order valence-corrected chi connectivity index (χ4v) is 3.23. The van der Waals surface area contributed by atoms with E-state index in [-0.39, 0.29) is 12.5 Å². The second kappa shape index (κ2) is 8.86. The van der Waals surface area contributed by atoms with E-state index in [4.69, 9.17) is 9.52 Å². The summed E-state index contributed by atoms with van der Waals surface area (Å²) >= 11 is 3.20. The first-order valence-corrected chi connectivity index (χ1v) is 8.76. The van der Waals surface area contributed by atoms with Gasteiger partial charge in [0.1, 0.15) is 0 Å². The molecule has 114 valence electrons. The summed E-state index contributed by atoms with van der Waals surface area (Å²) in [4.78, 5) is 16.2. The zero-order valence-electron chi connectivity index (χ0n) is 11.6. The molecule has 0 aliphatic rings. The Bertz CT molecular complexity index is 540. The number of carbonyl (C=O) groups excluding carboxylic acids is 1. The number of carbonyl (C=O) groups is 1. The number of aliphatic hydroxyl groups excluding tert-OH is 1. The summed E-state index contributed by atoms with van der Waals surface area (Å²) in [7, 11) is 0. The predicted molar refractivity (Wildman–Crippen MR) is 85.6 cm³/mol. The molecule has 0 radical (unpaired) electrons. The minimum atomic E-state index is -0.0194. The number of thioether (sulfide) groups is 1. The molecule has 0 fully saturated rings. The standard InChI is InChI=1S/C14H18N2O3S2/c17-5-2-7-20-8-4-15-13(18)9-11-10-21-14(16-11)12-3-1-6-19-12/h1,3,6,10,17H,2,4-5,7-9H2,(H,15,18). The minimum absolute atomic E-state index is 0.0194. The third-order valence-electron chi connectivity index (χ3n) is 2.64. The number of aromatic nitrogens is 1. The van der Waals surface area contributed by atoms with Gasteiger partial charge >= 0.3 is 0 Å². The highest BCUT2D eigenvalue weighted by Crippen LogP contribution is 2.23. The van der Waals surface area contributed by atoms with Gasteiger partial charge < -0.3 is 14.8 Å². The molecule has 0 unspecified atom stereocenters. The van der Waals surface area contributed by atoms with E-state index in [2.05, 4.69) is 10.3 Å². The van der Waals surface area contributed by atoms with Crippen molar-refractivity contribution >= 4 is 29.0 Å². The third-order valence-corrected chi connectivity index (χ3v) is 4.62. The Kier molecular flexibility index (Phi) is 6.78. The van der Waals surface area contributed by atoms with Crippen molar-refractivity contribution in [1.82, 2.24) is 10.3 Å². The van der Waals surface area contributed by atoms with Crippen molar-refractivity contribution in [3.05, 3.63) is 29.5 Å². The molecule has 2 heterocycles. The second-order valence-electron chi connectivity index (χ2n) is 4.34. The topological polar surface area (TPSA) is 75.4 Å². The van der Waals surface area contributed by atoms with Crippen molar-refractivity contribution < 1.29 is 14.3 Å². The monoisotopic (exact) mass is 326 g/mol. The number of rotatable bonds is 9. The SMILES string of the molecule is O=C(Cc1csc(-c2ccco2)n1)NCCSCCCO. The van der Waals surface area contributed by atoms with Crippen LogP contribution in [0.3, 0.4) is 0 Å². The molecule has 0 aliphatic heterocycles. The fraction of sp³-hybridized carbons (Fsp3) is 0.429. The largest absolute Gasteiger partial charge is 0.462 e. The van der Waals surface area contributed by atoms with Crippen LogP contribution in [0.1, 0.15) is 12.1 Å². The maximum absolute atomic E-state index is 11.8. The molecule has 1 amide bonds. The summed E-state index contributed by atoms with van der Waals surface area (Å²) in [5.74, 6) is 2.49. The quantitative estimate of drug-likeness (QED) is 0.691. The Balaban J connectivity index is 1.68. The van der Waals surface area contributed by atoms with Crippen molar-refractivity contribution in [2.75, 3.05) is 24.7 Å². The van der Waals surface area contributed by atoms with E-state index in [1.54, 1.807) is 18.0 Å². The molecular formula is C14H18N2O3S2. The average molecular weight is 326 g/mol. The van der Waals surface area contributed by atoms with Crippen LogP contribution in [0.25, 0.3) is 10.8 Å². The van der Waals surface area contributed by atoms with Crippen LogP contribution in [-0.2, 0) is 11.2 Å². The van der Waals surface area contributed by atoms with E-state index in [1.165, 1.54) is 11.3 Å². The molecule has 0 spiro atoms. The summed E-state index contributed by atoms with van der Waals surface area (Å²) in [5.41, 5.74) is 0.761. The number of hydrogen-bond acceptors (Lipinski definition) is 6. The Hall–Kier alpha value is -1.31. The zero-order chi connectivity index (χ0) is 14.9. The lowest BCUT2D eigenvalue weighted by molar-refractivity contribution is -0.120. The first kappa shape index (κ1) is 16.1. The first-order valence-electron chi connectivity index (χ1n) is 6.73. The number of nitrogens with one attached hydrogen (secondary N) is 1. The van der Waals surface area contributed by atoms with E-state index >= 15 is 0 Å². The molecule has 2 aromatic heterocycles. The van der Waals surface area contributed by atoms with Crippen molar-refractivity contribution in [2.45, 2.75) is 12.8 Å². The maximum Gasteiger partial charge on any atom is 0.226 e. The van der Waals surface area contributed by atoms with Crippen LogP contribution in [0, 0.1) is 0 Å². The van der Waals surface area contributed by atoms with Gasteiger partial charge in [-0.15, -0.1) is 11.3 Å². The molecule has 0 atom stereocenters. The number of aliphatic hydroxyl groups is 1. The van der Waals surface area contributed by atoms with Crippen LogP contribution in [0.5, 0.6) is 0 Å². The van der Waals surface area contributed by atoms with Crippen LogP contribution in [0.4, 0.5) is 0 Å². The van der Waals surface area contributed by atoms with Crippen LogP contribution < -0.4 is 5.32 Å². The lowest BCUT2D eigenvalue weighted by atomic mass is 10.3. The summed E-state index contributed by atoms with van der Waals surface area (Å²) in [5, 5.41) is 14.2. The van der Waals surface area contributed by atoms with Gasteiger partial charge in [0.15, 0.2) is 10.8 Å². The van der Waals surface area contributed by atoms with Crippen molar-refractivity contribution in [1.29, 1.82) is 0 Å². The Morgan fingerprint density at radius 2 is 2.38 bits per heavy atom. The van der Waals surface area contributed by atoms with E-state index < -0.39 is 0 Å². The van der Waals surface area contributed by atoms with E-state index in [0.717, 1.165) is 34.4 Å². The summed E-state index contributed by atoms with van der Waals surface area (Å²) in [6.45, 7) is 0.866. The van der Waals surface area contributed by atoms with Gasteiger partial charge in [-0.2, -0.15) is 11.8 Å². The molecule has 2 rings (SSSR count). The zero-order valence-corrected chi connectivity index (χ0v) is 13.2. The van der Waals surface area contributed by atoms with Crippen LogP contribution >= 0.6 is 23.1 Å². The van der Waals surface area contributed by atoms with Gasteiger partial charge in [-0.25, -0.2) is 4.98 Å². The lowest BCUT2D eigenvalue weighted by Gasteiger charge is -2.03. The molecule has 0 bridgehead atoms. The van der Waals surface area contributed by atoms with E-state index in [0.29, 0.717) is 13.0 Å². The minimum Gasteiger partial charge on any atom is -0.462 e. The second-order valence-corrected chi connectivity index (χ2v) is 6.42. The molecule has 5 nitrogen and oxygen atoms in total. The number of furan rings is 1. The lowest BCUT2D eigenvalue weighted by Crippen LogP contribution is -2.27. The number of amides is 1. The Morgan fingerprint density at radius 1 is 1.48 bits per heavy atom. The van der Waals surface area contributed by atoms with Gasteiger partial charge in [0.2, 0.25) is 5.91 Å². The van der Waals surface area contributed by atoms with Crippen LogP contribution in [0.15, 0.2) is 28.2 Å². The van der Waals surface area contributed by atoms with Crippen molar-refractivity contribution in [3.63, 3.8) is 0 Å². The molecule has 2 N–H and O–H groups in total. The summed E-state index contributed by atoms with van der Waals surface area (Å²) in [6.07, 6.45) is 2.70. The molecule has 2 aromatic rings. The predicted octanol–water partition coefficient (Wildman–Crippen LogP) is 2.18. The summed E-state index contributed by atoms with van der Waals surface area (Å²) < 4.78 is 5.28. The molecule has 0 saturated heterocycles. The van der Waals surface area contributed by atoms with Crippen molar-refractivity contribution in [2.24, 2.45) is 0 Å². The van der Waals surface area contributed by atoms with Gasteiger partial charge in [0, 0.05) is 24.3 Å². The molecule has 21 heavy (non-hydrogen) atoms. The molecule has 0 saturated carbocycles. The smallest absolute Gasteiger partial charge is 0.226 e. The van der Waals surface area contributed by atoms with Crippen LogP contribution in [-0.4, -0.2) is 40.7 Å². The van der Waals surface area contributed by atoms with Gasteiger partial charge in [0.25, 0.3) is 0 Å². The molecule has 0 aromatic carbocycles. The van der Waals surface area contributed by atoms with Crippen molar-refractivity contribution in [3.8, 4) is 10.8 Å². The van der Waals surface area contributed by atoms with Gasteiger partial charge in [-0.05, 0) is 24.3 Å². The molecule has 0 aliphatic carbocycles. The van der Waals surface area contributed by atoms with Gasteiger partial charge in [-0.1, -0.05) is 0 Å². The number of nitrogens with zero attached hydrogens (tertiary/aromatic N) is 1. The summed E-state index contributed by atoms with van der Waals surface area (Å²) in [6, 6.07) is 3.67. The first-order chi connectivity index (χ1) is 10.3. The Labute approximate surface area is 131 Å². The van der Waals surface area contributed by atoms with Gasteiger partial charge in [-0.3, -0.25) is 4.79 Å². The van der Waals surface area contributed by atoms with Gasteiger partial charge in [0.05, 0.1) is 18.4 Å². The highest BCUT2D eigenvalue weighted by Gasteiger charge is 2.10. The average Bonchev–Trinajstić information content (AvgIpc) is 3.13. The van der Waals surface area contributed by atoms with Crippen LogP contribution in [0.2, 0.25) is 0 Å². The van der Waals surface area contributed by atoms with E-state index in [9.17, 15) is 4.79 Å². The highest BCUT2D eigenvalue weighted by atomic mass is 32.2. The number of thiazole rings is 1. The fourth-order valence-electron chi connectivity index (χ4n) is 1.66. The van der Waals surface area contributed by atoms with E-state index in [1.807, 2.05) is 17.5 Å². The Morgan fingerprint density at radius 3 is 3.14 bits per heavy atom. The number of hydrogen-bond donors (Lipinski definition) is 2.